The molecule has 2 saturated carbocycles. The summed E-state index contributed by atoms with van der Waals surface area (Å²) in [4.78, 5) is 15.5. The van der Waals surface area contributed by atoms with Crippen LogP contribution >= 0.6 is 23.2 Å². The Morgan fingerprint density at radius 3 is 2.16 bits per heavy atom. The highest BCUT2D eigenvalue weighted by atomic mass is 35.5. The summed E-state index contributed by atoms with van der Waals surface area (Å²) in [5.41, 5.74) is 1.22. The number of carbonyl (C=O) groups excluding carboxylic acids is 1. The van der Waals surface area contributed by atoms with Crippen molar-refractivity contribution in [3.63, 3.8) is 0 Å². The Morgan fingerprint density at radius 2 is 1.65 bits per heavy atom. The fraction of sp³-hybridized carbons (Fsp3) is 0.586. The molecule has 0 aliphatic heterocycles. The van der Waals surface area contributed by atoms with Gasteiger partial charge in [0.05, 0.1) is 11.3 Å². The molecule has 3 rings (SSSR count). The Morgan fingerprint density at radius 1 is 1.11 bits per heavy atom. The van der Waals surface area contributed by atoms with Gasteiger partial charge in [0.15, 0.2) is 0 Å². The molecule has 204 valence electrons. The first kappa shape index (κ1) is 29.6. The minimum atomic E-state index is -3.29. The zero-order chi connectivity index (χ0) is 27.2. The smallest absolute Gasteiger partial charge is 0.285 e. The molecule has 0 aromatic heterocycles. The number of rotatable bonds is 10. The van der Waals surface area contributed by atoms with Gasteiger partial charge in [-0.2, -0.15) is 0 Å². The monoisotopic (exact) mass is 553 g/mol. The second-order valence-electron chi connectivity index (χ2n) is 10.7. The first-order valence-electron chi connectivity index (χ1n) is 13.3. The van der Waals surface area contributed by atoms with Gasteiger partial charge in [-0.3, -0.25) is 4.79 Å². The van der Waals surface area contributed by atoms with E-state index in [1.54, 1.807) is 17.0 Å². The molecule has 1 amide bonds. The van der Waals surface area contributed by atoms with Crippen LogP contribution in [0.4, 0.5) is 8.78 Å². The fourth-order valence-corrected chi connectivity index (χ4v) is 6.41. The lowest BCUT2D eigenvalue weighted by Gasteiger charge is -2.33. The largest absolute Gasteiger partial charge is 0.380 e. The lowest BCUT2D eigenvalue weighted by atomic mass is 9.88. The van der Waals surface area contributed by atoms with Gasteiger partial charge < -0.3 is 15.6 Å². The third-order valence-corrected chi connectivity index (χ3v) is 8.05. The quantitative estimate of drug-likeness (QED) is 0.226. The van der Waals surface area contributed by atoms with Crippen LogP contribution in [0.5, 0.6) is 0 Å². The minimum absolute atomic E-state index is 0.0845. The van der Waals surface area contributed by atoms with E-state index < -0.39 is 17.5 Å². The summed E-state index contributed by atoms with van der Waals surface area (Å²) in [5, 5.41) is 11.8. The van der Waals surface area contributed by atoms with Crippen LogP contribution in [0.3, 0.4) is 0 Å². The van der Waals surface area contributed by atoms with Crippen LogP contribution in [0.2, 0.25) is 10.0 Å². The molecule has 2 N–H and O–H groups in total. The molecule has 0 bridgehead atoms. The highest BCUT2D eigenvalue weighted by Crippen LogP contribution is 2.34. The zero-order valence-corrected chi connectivity index (χ0v) is 23.5. The molecule has 8 heteroatoms. The van der Waals surface area contributed by atoms with Gasteiger partial charge in [0, 0.05) is 47.9 Å². The van der Waals surface area contributed by atoms with E-state index in [9.17, 15) is 13.6 Å². The van der Waals surface area contributed by atoms with E-state index in [0.717, 1.165) is 82.9 Å². The van der Waals surface area contributed by atoms with Crippen molar-refractivity contribution in [1.82, 2.24) is 10.2 Å². The molecular weight excluding hydrogens is 515 g/mol. The average molecular weight is 555 g/mol. The van der Waals surface area contributed by atoms with Crippen LogP contribution < -0.4 is 5.32 Å². The Hall–Kier alpha value is -1.92. The number of carbonyl (C=O) groups is 1. The number of hydrogen-bond donors (Lipinski definition) is 2. The predicted molar refractivity (Wildman–Crippen MR) is 150 cm³/mol. The number of amides is 1. The van der Waals surface area contributed by atoms with Crippen molar-refractivity contribution < 1.29 is 13.6 Å². The van der Waals surface area contributed by atoms with Crippen LogP contribution in [-0.2, 0) is 4.79 Å². The van der Waals surface area contributed by atoms with Crippen LogP contribution in [0, 0.1) is 18.3 Å². The zero-order valence-electron chi connectivity index (χ0n) is 21.9. The molecule has 0 atom stereocenters. The topological polar surface area (TPSA) is 56.2 Å². The minimum Gasteiger partial charge on any atom is -0.380 e. The lowest BCUT2D eigenvalue weighted by molar-refractivity contribution is -0.127. The van der Waals surface area contributed by atoms with Crippen LogP contribution in [0.15, 0.2) is 30.0 Å². The Bertz CT molecular complexity index is 999. The molecule has 2 aliphatic rings. The van der Waals surface area contributed by atoms with Gasteiger partial charge >= 0.3 is 0 Å². The molecule has 4 nitrogen and oxygen atoms in total. The maximum Gasteiger partial charge on any atom is 0.285 e. The van der Waals surface area contributed by atoms with Crippen LogP contribution in [0.25, 0.3) is 5.57 Å². The van der Waals surface area contributed by atoms with E-state index in [1.165, 1.54) is 0 Å². The van der Waals surface area contributed by atoms with Gasteiger partial charge in [0.25, 0.3) is 11.8 Å². The van der Waals surface area contributed by atoms with Crippen LogP contribution in [0.1, 0.15) is 82.3 Å². The maximum atomic E-state index is 14.9. The molecule has 0 spiro atoms. The van der Waals surface area contributed by atoms with Crippen molar-refractivity contribution in [2.45, 2.75) is 90.0 Å². The summed E-state index contributed by atoms with van der Waals surface area (Å²) in [5.74, 6) is -3.63. The second-order valence-corrected chi connectivity index (χ2v) is 11.5. The summed E-state index contributed by atoms with van der Waals surface area (Å²) in [7, 11) is 0. The van der Waals surface area contributed by atoms with Crippen molar-refractivity contribution in [2.24, 2.45) is 5.92 Å². The van der Waals surface area contributed by atoms with Gasteiger partial charge in [-0.05, 0) is 61.8 Å². The molecule has 0 saturated heterocycles. The molecule has 0 heterocycles. The van der Waals surface area contributed by atoms with Gasteiger partial charge in [0.2, 0.25) is 0 Å². The molecule has 1 aromatic rings. The van der Waals surface area contributed by atoms with E-state index in [4.69, 9.17) is 28.6 Å². The van der Waals surface area contributed by atoms with Crippen molar-refractivity contribution >= 4 is 40.9 Å². The first-order valence-corrected chi connectivity index (χ1v) is 14.1. The van der Waals surface area contributed by atoms with Crippen molar-refractivity contribution in [1.29, 1.82) is 5.41 Å². The van der Waals surface area contributed by atoms with Gasteiger partial charge in [-0.25, -0.2) is 8.78 Å². The molecule has 2 fully saturated rings. The van der Waals surface area contributed by atoms with Gasteiger partial charge in [-0.15, -0.1) is 0 Å². The Labute approximate surface area is 230 Å². The Kier molecular flexibility index (Phi) is 10.6. The first-order chi connectivity index (χ1) is 17.5. The summed E-state index contributed by atoms with van der Waals surface area (Å²) >= 11 is 13.0. The summed E-state index contributed by atoms with van der Waals surface area (Å²) in [6.07, 6.45) is 10.6. The summed E-state index contributed by atoms with van der Waals surface area (Å²) < 4.78 is 29.8. The van der Waals surface area contributed by atoms with E-state index in [2.05, 4.69) is 11.9 Å². The average Bonchev–Trinajstić information content (AvgIpc) is 2.83. The molecule has 1 aromatic carbocycles. The predicted octanol–water partition coefficient (Wildman–Crippen LogP) is 8.21. The third kappa shape index (κ3) is 8.03. The van der Waals surface area contributed by atoms with E-state index >= 15 is 0 Å². The normalized spacial score (nSPS) is 18.2. The number of benzene rings is 1. The number of alkyl halides is 2. The van der Waals surface area contributed by atoms with Crippen molar-refractivity contribution in [2.75, 3.05) is 13.1 Å². The van der Waals surface area contributed by atoms with E-state index in [0.29, 0.717) is 27.7 Å². The van der Waals surface area contributed by atoms with E-state index in [1.807, 2.05) is 6.92 Å². The second kappa shape index (κ2) is 13.2. The lowest BCUT2D eigenvalue weighted by Crippen LogP contribution is -2.43. The maximum absolute atomic E-state index is 14.9. The van der Waals surface area contributed by atoms with E-state index in [-0.39, 0.29) is 24.1 Å². The molecule has 0 unspecified atom stereocenters. The number of aryl methyl sites for hydroxylation is 1. The van der Waals surface area contributed by atoms with Crippen molar-refractivity contribution in [3.8, 4) is 0 Å². The fourth-order valence-electron chi connectivity index (χ4n) is 5.55. The molecule has 0 radical (unpaired) electrons. The third-order valence-electron chi connectivity index (χ3n) is 7.45. The number of allylic oxidation sites excluding steroid dienone is 1. The highest BCUT2D eigenvalue weighted by Gasteiger charge is 2.36. The van der Waals surface area contributed by atoms with Gasteiger partial charge in [-0.1, -0.05) is 68.3 Å². The molecular formula is C29H39Cl2F2N3O. The standard InChI is InChI=1S/C29H39Cl2F2N3O/c1-19-14-24(30)26(25(31)15-19)20(2)17-36(18-21-10-6-4-7-11-21)28(37)23(16-34)27(29(3,32)33)35-22-12-8-5-9-13-22/h14-16,21-22,34-35H,2,4-13,17-18H2,1,3H3/b27-23+,34-16?. The van der Waals surface area contributed by atoms with Gasteiger partial charge in [0.1, 0.15) is 0 Å². The number of hydrogen-bond acceptors (Lipinski definition) is 3. The highest BCUT2D eigenvalue weighted by molar-refractivity contribution is 6.37. The van der Waals surface area contributed by atoms with Crippen LogP contribution in [-0.4, -0.2) is 42.1 Å². The summed E-state index contributed by atoms with van der Waals surface area (Å²) in [6.45, 7) is 7.32. The number of halogens is 4. The molecule has 37 heavy (non-hydrogen) atoms. The number of nitrogens with one attached hydrogen (secondary N) is 2. The Balaban J connectivity index is 1.96. The molecule has 2 aliphatic carbocycles. The van der Waals surface area contributed by atoms with Crippen molar-refractivity contribution in [3.05, 3.63) is 51.2 Å². The summed E-state index contributed by atoms with van der Waals surface area (Å²) in [6, 6.07) is 3.44. The number of nitrogens with zero attached hydrogens (tertiary/aromatic N) is 1. The SMILES string of the molecule is C=C(CN(CC1CCCCC1)C(=O)/C(C=N)=C(/NC1CCCCC1)C(C)(F)F)c1c(Cl)cc(C)cc1Cl.